The standard InChI is InChI=1S/C29H26N4OS/c1-32(19-22-8-4-2-5-9-22)28(34)25-14-12-24(13-15-25)21-35-29-31-26-16-17-30-18-27(26)33(29)20-23-10-6-3-7-11-23/h2-18H,19-21H2,1H3. The molecule has 0 saturated heterocycles. The summed E-state index contributed by atoms with van der Waals surface area (Å²) in [7, 11) is 1.84. The van der Waals surface area contributed by atoms with Crippen molar-refractivity contribution in [3.63, 3.8) is 0 Å². The molecule has 174 valence electrons. The summed E-state index contributed by atoms with van der Waals surface area (Å²) in [5, 5.41) is 0.958. The van der Waals surface area contributed by atoms with Gasteiger partial charge in [0.05, 0.1) is 23.8 Å². The van der Waals surface area contributed by atoms with Crippen molar-refractivity contribution in [1.82, 2.24) is 19.4 Å². The maximum Gasteiger partial charge on any atom is 0.253 e. The lowest BCUT2D eigenvalue weighted by atomic mass is 10.1. The van der Waals surface area contributed by atoms with E-state index in [1.165, 1.54) is 5.56 Å². The van der Waals surface area contributed by atoms with E-state index < -0.39 is 0 Å². The minimum absolute atomic E-state index is 0.0187. The van der Waals surface area contributed by atoms with Gasteiger partial charge in [-0.1, -0.05) is 84.6 Å². The molecule has 2 aromatic heterocycles. The molecule has 3 aromatic carbocycles. The molecule has 0 radical (unpaired) electrons. The van der Waals surface area contributed by atoms with E-state index in [1.54, 1.807) is 22.9 Å². The normalized spacial score (nSPS) is 11.0. The highest BCUT2D eigenvalue weighted by atomic mass is 32.2. The Morgan fingerprint density at radius 2 is 1.54 bits per heavy atom. The van der Waals surface area contributed by atoms with Crippen molar-refractivity contribution >= 4 is 28.7 Å². The summed E-state index contributed by atoms with van der Waals surface area (Å²) in [5.41, 5.74) is 6.15. The molecule has 0 unspecified atom stereocenters. The number of rotatable bonds is 8. The first-order chi connectivity index (χ1) is 17.2. The van der Waals surface area contributed by atoms with Crippen LogP contribution in [0.2, 0.25) is 0 Å². The second kappa shape index (κ2) is 10.6. The number of hydrogen-bond donors (Lipinski definition) is 0. The van der Waals surface area contributed by atoms with Crippen molar-refractivity contribution in [2.45, 2.75) is 24.0 Å². The molecule has 1 amide bonds. The highest BCUT2D eigenvalue weighted by Gasteiger charge is 2.14. The Balaban J connectivity index is 1.28. The van der Waals surface area contributed by atoms with Gasteiger partial charge in [-0.2, -0.15) is 0 Å². The minimum Gasteiger partial charge on any atom is -0.337 e. The number of pyridine rings is 1. The van der Waals surface area contributed by atoms with Crippen LogP contribution in [0.3, 0.4) is 0 Å². The summed E-state index contributed by atoms with van der Waals surface area (Å²) in [6.45, 7) is 1.33. The third kappa shape index (κ3) is 5.44. The second-order valence-corrected chi connectivity index (χ2v) is 9.41. The number of carbonyl (C=O) groups excluding carboxylic acids is 1. The third-order valence-corrected chi connectivity index (χ3v) is 6.92. The van der Waals surface area contributed by atoms with Crippen LogP contribution in [0.1, 0.15) is 27.0 Å². The number of amides is 1. The Labute approximate surface area is 209 Å². The van der Waals surface area contributed by atoms with Crippen LogP contribution in [0, 0.1) is 0 Å². The van der Waals surface area contributed by atoms with Crippen molar-refractivity contribution in [2.75, 3.05) is 7.05 Å². The number of imidazole rings is 1. The van der Waals surface area contributed by atoms with E-state index >= 15 is 0 Å². The number of aromatic nitrogens is 3. The van der Waals surface area contributed by atoms with Gasteiger partial charge in [-0.25, -0.2) is 4.98 Å². The summed E-state index contributed by atoms with van der Waals surface area (Å²) in [6.07, 6.45) is 3.66. The Bertz CT molecular complexity index is 1420. The number of benzene rings is 3. The topological polar surface area (TPSA) is 51.0 Å². The van der Waals surface area contributed by atoms with Gasteiger partial charge in [-0.15, -0.1) is 0 Å². The van der Waals surface area contributed by atoms with Crippen LogP contribution < -0.4 is 0 Å². The molecule has 5 aromatic rings. The van der Waals surface area contributed by atoms with Crippen LogP contribution in [0.25, 0.3) is 11.0 Å². The van der Waals surface area contributed by atoms with Gasteiger partial charge in [0.25, 0.3) is 5.91 Å². The molecule has 35 heavy (non-hydrogen) atoms. The monoisotopic (exact) mass is 478 g/mol. The number of nitrogens with zero attached hydrogens (tertiary/aromatic N) is 4. The highest BCUT2D eigenvalue weighted by Crippen LogP contribution is 2.27. The van der Waals surface area contributed by atoms with Gasteiger partial charge in [-0.05, 0) is 34.9 Å². The third-order valence-electron chi connectivity index (χ3n) is 5.88. The summed E-state index contributed by atoms with van der Waals surface area (Å²) >= 11 is 1.70. The largest absolute Gasteiger partial charge is 0.337 e. The molecule has 6 heteroatoms. The molecule has 5 nitrogen and oxygen atoms in total. The molecule has 0 atom stereocenters. The van der Waals surface area contributed by atoms with Gasteiger partial charge in [0, 0.05) is 31.1 Å². The Morgan fingerprint density at radius 1 is 0.857 bits per heavy atom. The molecule has 2 heterocycles. The predicted molar refractivity (Wildman–Crippen MR) is 141 cm³/mol. The number of thioether (sulfide) groups is 1. The molecule has 0 fully saturated rings. The van der Waals surface area contributed by atoms with Crippen LogP contribution in [-0.4, -0.2) is 32.4 Å². The molecule has 0 aliphatic rings. The van der Waals surface area contributed by atoms with Crippen LogP contribution in [0.5, 0.6) is 0 Å². The number of fused-ring (bicyclic) bond motifs is 1. The molecule has 5 rings (SSSR count). The van der Waals surface area contributed by atoms with Gasteiger partial charge >= 0.3 is 0 Å². The van der Waals surface area contributed by atoms with Gasteiger partial charge < -0.3 is 9.47 Å². The maximum absolute atomic E-state index is 12.9. The van der Waals surface area contributed by atoms with Crippen molar-refractivity contribution in [1.29, 1.82) is 0 Å². The zero-order valence-electron chi connectivity index (χ0n) is 19.5. The Kier molecular flexibility index (Phi) is 6.91. The van der Waals surface area contributed by atoms with Gasteiger partial charge in [-0.3, -0.25) is 9.78 Å². The van der Waals surface area contributed by atoms with Gasteiger partial charge in [0.1, 0.15) is 0 Å². The lowest BCUT2D eigenvalue weighted by molar-refractivity contribution is 0.0785. The van der Waals surface area contributed by atoms with Crippen molar-refractivity contribution < 1.29 is 4.79 Å². The number of hydrogen-bond acceptors (Lipinski definition) is 4. The Morgan fingerprint density at radius 3 is 2.26 bits per heavy atom. The van der Waals surface area contributed by atoms with Crippen molar-refractivity contribution in [3.05, 3.63) is 126 Å². The first-order valence-electron chi connectivity index (χ1n) is 11.5. The minimum atomic E-state index is 0.0187. The van der Waals surface area contributed by atoms with E-state index in [0.29, 0.717) is 12.1 Å². The average molecular weight is 479 g/mol. The van der Waals surface area contributed by atoms with Crippen LogP contribution in [-0.2, 0) is 18.8 Å². The van der Waals surface area contributed by atoms with Crippen molar-refractivity contribution in [3.8, 4) is 0 Å². The van der Waals surface area contributed by atoms with E-state index in [9.17, 15) is 4.79 Å². The number of carbonyl (C=O) groups is 1. The van der Waals surface area contributed by atoms with Crippen LogP contribution >= 0.6 is 11.8 Å². The molecule has 0 N–H and O–H groups in total. The van der Waals surface area contributed by atoms with Crippen LogP contribution in [0.4, 0.5) is 0 Å². The summed E-state index contributed by atoms with van der Waals surface area (Å²) < 4.78 is 2.22. The quantitative estimate of drug-likeness (QED) is 0.255. The summed E-state index contributed by atoms with van der Waals surface area (Å²) in [5.74, 6) is 0.782. The molecule has 0 bridgehead atoms. The van der Waals surface area contributed by atoms with Crippen molar-refractivity contribution in [2.24, 2.45) is 0 Å². The molecule has 0 aliphatic heterocycles. The van der Waals surface area contributed by atoms with E-state index in [4.69, 9.17) is 4.98 Å². The molecule has 0 spiro atoms. The molecular formula is C29H26N4OS. The van der Waals surface area contributed by atoms with E-state index in [2.05, 4.69) is 33.8 Å². The first kappa shape index (κ1) is 22.9. The van der Waals surface area contributed by atoms with E-state index in [1.807, 2.05) is 80.0 Å². The fourth-order valence-corrected chi connectivity index (χ4v) is 4.99. The lowest BCUT2D eigenvalue weighted by Gasteiger charge is -2.17. The first-order valence-corrected chi connectivity index (χ1v) is 12.5. The SMILES string of the molecule is CN(Cc1ccccc1)C(=O)c1ccc(CSc2nc3ccncc3n2Cc2ccccc2)cc1. The Hall–Kier alpha value is -3.90. The highest BCUT2D eigenvalue weighted by molar-refractivity contribution is 7.98. The molecular weight excluding hydrogens is 452 g/mol. The fourth-order valence-electron chi connectivity index (χ4n) is 4.02. The summed E-state index contributed by atoms with van der Waals surface area (Å²) in [6, 6.07) is 30.3. The smallest absolute Gasteiger partial charge is 0.253 e. The maximum atomic E-state index is 12.9. The predicted octanol–water partition coefficient (Wildman–Crippen LogP) is 6.04. The lowest BCUT2D eigenvalue weighted by Crippen LogP contribution is -2.26. The van der Waals surface area contributed by atoms with Crippen LogP contribution in [0.15, 0.2) is 109 Å². The van der Waals surface area contributed by atoms with Gasteiger partial charge in [0.15, 0.2) is 5.16 Å². The molecule has 0 saturated carbocycles. The summed E-state index contributed by atoms with van der Waals surface area (Å²) in [4.78, 5) is 23.8. The second-order valence-electron chi connectivity index (χ2n) is 8.46. The fraction of sp³-hybridized carbons (Fsp3) is 0.138. The van der Waals surface area contributed by atoms with E-state index in [-0.39, 0.29) is 5.91 Å². The molecule has 0 aliphatic carbocycles. The van der Waals surface area contributed by atoms with Gasteiger partial charge in [0.2, 0.25) is 0 Å². The average Bonchev–Trinajstić information content (AvgIpc) is 3.25. The zero-order valence-corrected chi connectivity index (χ0v) is 20.4. The zero-order chi connectivity index (χ0) is 24.0. The van der Waals surface area contributed by atoms with E-state index in [0.717, 1.165) is 39.6 Å².